The topological polar surface area (TPSA) is 85.8 Å². The van der Waals surface area contributed by atoms with Crippen molar-refractivity contribution in [2.24, 2.45) is 5.84 Å². The van der Waals surface area contributed by atoms with Crippen LogP contribution in [0, 0.1) is 6.92 Å². The normalized spacial score (nSPS) is 10.9. The number of nitrogen functional groups attached to an aromatic ring is 1. The second kappa shape index (κ2) is 5.03. The molecule has 3 N–H and O–H groups in total. The van der Waals surface area contributed by atoms with E-state index >= 15 is 0 Å². The van der Waals surface area contributed by atoms with E-state index in [-0.39, 0.29) is 5.56 Å². The van der Waals surface area contributed by atoms with E-state index in [1.54, 1.807) is 17.1 Å². The molecule has 0 atom stereocenters. The van der Waals surface area contributed by atoms with Crippen LogP contribution in [-0.4, -0.2) is 14.5 Å². The Labute approximate surface area is 118 Å². The summed E-state index contributed by atoms with van der Waals surface area (Å²) < 4.78 is 2.24. The van der Waals surface area contributed by atoms with E-state index in [4.69, 9.17) is 5.84 Å². The molecule has 0 aliphatic carbocycles. The summed E-state index contributed by atoms with van der Waals surface area (Å²) in [6.07, 6.45) is 3.21. The van der Waals surface area contributed by atoms with Crippen LogP contribution in [0.5, 0.6) is 0 Å². The number of aromatic nitrogens is 3. The zero-order valence-electron chi connectivity index (χ0n) is 10.8. The Hall–Kier alpha value is -2.25. The Morgan fingerprint density at radius 3 is 3.10 bits per heavy atom. The lowest BCUT2D eigenvalue weighted by Crippen LogP contribution is -2.21. The third-order valence-electron chi connectivity index (χ3n) is 3.09. The summed E-state index contributed by atoms with van der Waals surface area (Å²) in [5.74, 6) is 5.98. The largest absolute Gasteiger partial charge is 0.308 e. The molecule has 20 heavy (non-hydrogen) atoms. The molecule has 0 aliphatic rings. The van der Waals surface area contributed by atoms with E-state index in [0.29, 0.717) is 17.1 Å². The molecule has 0 fully saturated rings. The average molecular weight is 287 g/mol. The first kappa shape index (κ1) is 12.8. The summed E-state index contributed by atoms with van der Waals surface area (Å²) in [5, 5.41) is 1.94. The van der Waals surface area contributed by atoms with Crippen LogP contribution in [0.3, 0.4) is 0 Å². The van der Waals surface area contributed by atoms with Crippen molar-refractivity contribution in [1.82, 2.24) is 14.5 Å². The van der Waals surface area contributed by atoms with Gasteiger partial charge in [-0.05, 0) is 23.9 Å². The number of anilines is 1. The third kappa shape index (κ3) is 2.06. The van der Waals surface area contributed by atoms with E-state index in [2.05, 4.69) is 15.4 Å². The highest BCUT2D eigenvalue weighted by Gasteiger charge is 2.10. The Morgan fingerprint density at radius 1 is 1.45 bits per heavy atom. The van der Waals surface area contributed by atoms with Gasteiger partial charge in [-0.15, -0.1) is 11.3 Å². The van der Waals surface area contributed by atoms with Crippen molar-refractivity contribution in [3.8, 4) is 0 Å². The first-order valence-corrected chi connectivity index (χ1v) is 6.92. The Morgan fingerprint density at radius 2 is 2.30 bits per heavy atom. The van der Waals surface area contributed by atoms with Crippen LogP contribution >= 0.6 is 11.3 Å². The molecule has 0 spiro atoms. The van der Waals surface area contributed by atoms with Gasteiger partial charge in [0.2, 0.25) is 0 Å². The maximum atomic E-state index is 12.4. The second-order valence-corrected chi connectivity index (χ2v) is 5.31. The third-order valence-corrected chi connectivity index (χ3v) is 4.17. The minimum atomic E-state index is -0.0417. The molecule has 0 bridgehead atoms. The van der Waals surface area contributed by atoms with Gasteiger partial charge in [0.25, 0.3) is 5.56 Å². The van der Waals surface area contributed by atoms with Crippen molar-refractivity contribution < 1.29 is 0 Å². The quantitative estimate of drug-likeness (QED) is 0.563. The number of hydrazine groups is 1. The molecule has 0 unspecified atom stereocenters. The van der Waals surface area contributed by atoms with Gasteiger partial charge < -0.3 is 5.43 Å². The van der Waals surface area contributed by atoms with Gasteiger partial charge in [0.05, 0.1) is 18.4 Å². The van der Waals surface area contributed by atoms with Gasteiger partial charge in [-0.1, -0.05) is 6.07 Å². The molecule has 3 rings (SSSR count). The number of nitrogens with one attached hydrogen (secondary N) is 1. The molecule has 3 heterocycles. The summed E-state index contributed by atoms with van der Waals surface area (Å²) in [6, 6.07) is 3.68. The average Bonchev–Trinajstić information content (AvgIpc) is 2.85. The number of rotatable bonds is 3. The minimum absolute atomic E-state index is 0.0417. The number of thiophene rings is 1. The lowest BCUT2D eigenvalue weighted by atomic mass is 10.2. The van der Waals surface area contributed by atoms with E-state index in [1.165, 1.54) is 11.3 Å². The van der Waals surface area contributed by atoms with Crippen molar-refractivity contribution in [3.05, 3.63) is 51.5 Å². The Balaban J connectivity index is 2.07. The highest BCUT2D eigenvalue weighted by Crippen LogP contribution is 2.19. The van der Waals surface area contributed by atoms with Gasteiger partial charge in [-0.25, -0.2) is 15.8 Å². The van der Waals surface area contributed by atoms with E-state index < -0.39 is 0 Å². The number of nitrogens with zero attached hydrogens (tertiary/aromatic N) is 3. The fraction of sp³-hybridized carbons (Fsp3) is 0.154. The van der Waals surface area contributed by atoms with E-state index in [0.717, 1.165) is 16.6 Å². The molecule has 0 radical (unpaired) electrons. The van der Waals surface area contributed by atoms with Gasteiger partial charge in [-0.2, -0.15) is 0 Å². The molecule has 102 valence electrons. The predicted molar refractivity (Wildman–Crippen MR) is 79.8 cm³/mol. The van der Waals surface area contributed by atoms with Crippen LogP contribution in [-0.2, 0) is 6.54 Å². The first-order valence-electron chi connectivity index (χ1n) is 6.04. The molecule has 0 saturated heterocycles. The van der Waals surface area contributed by atoms with Crippen molar-refractivity contribution in [1.29, 1.82) is 0 Å². The smallest absolute Gasteiger partial charge is 0.271 e. The molecule has 0 saturated carbocycles. The number of hydrogen-bond donors (Lipinski definition) is 2. The van der Waals surface area contributed by atoms with Gasteiger partial charge in [0.15, 0.2) is 0 Å². The number of hydrogen-bond acceptors (Lipinski definition) is 6. The molecule has 0 amide bonds. The zero-order valence-corrected chi connectivity index (χ0v) is 11.6. The first-order chi connectivity index (χ1) is 9.70. The minimum Gasteiger partial charge on any atom is -0.308 e. The van der Waals surface area contributed by atoms with E-state index in [1.807, 2.05) is 24.4 Å². The number of fused-ring (bicyclic) bond motifs is 1. The zero-order chi connectivity index (χ0) is 14.1. The molecule has 3 aromatic rings. The summed E-state index contributed by atoms with van der Waals surface area (Å²) >= 11 is 1.42. The summed E-state index contributed by atoms with van der Waals surface area (Å²) in [5.41, 5.74) is 5.14. The highest BCUT2D eigenvalue weighted by molar-refractivity contribution is 7.17. The maximum Gasteiger partial charge on any atom is 0.271 e. The molecule has 0 aliphatic heterocycles. The number of pyridine rings is 1. The lowest BCUT2D eigenvalue weighted by Gasteiger charge is -2.09. The van der Waals surface area contributed by atoms with Gasteiger partial charge in [0.1, 0.15) is 10.5 Å². The molecule has 0 aromatic carbocycles. The fourth-order valence-electron chi connectivity index (χ4n) is 2.05. The van der Waals surface area contributed by atoms with Crippen LogP contribution in [0.4, 0.5) is 5.82 Å². The van der Waals surface area contributed by atoms with E-state index in [9.17, 15) is 4.79 Å². The van der Waals surface area contributed by atoms with Crippen LogP contribution in [0.1, 0.15) is 11.1 Å². The second-order valence-electron chi connectivity index (χ2n) is 4.43. The van der Waals surface area contributed by atoms with Crippen LogP contribution in [0.2, 0.25) is 0 Å². The number of nitrogens with two attached hydrogens (primary N) is 1. The molecule has 3 aromatic heterocycles. The van der Waals surface area contributed by atoms with Crippen LogP contribution < -0.4 is 16.8 Å². The summed E-state index contributed by atoms with van der Waals surface area (Å²) in [7, 11) is 0. The molecule has 7 heteroatoms. The van der Waals surface area contributed by atoms with Crippen molar-refractivity contribution in [2.75, 3.05) is 5.43 Å². The monoisotopic (exact) mass is 287 g/mol. The number of aryl methyl sites for hydroxylation is 1. The van der Waals surface area contributed by atoms with Gasteiger partial charge in [0, 0.05) is 11.8 Å². The Kier molecular flexibility index (Phi) is 3.21. The van der Waals surface area contributed by atoms with Crippen LogP contribution in [0.15, 0.2) is 34.8 Å². The fourth-order valence-corrected chi connectivity index (χ4v) is 3.00. The van der Waals surface area contributed by atoms with Crippen LogP contribution in [0.25, 0.3) is 10.2 Å². The molecular weight excluding hydrogens is 274 g/mol. The van der Waals surface area contributed by atoms with Crippen molar-refractivity contribution >= 4 is 27.4 Å². The standard InChI is InChI=1S/C13H13N5OS/c1-8-6-20-11-10(8)16-7-18(13(11)19)5-9-3-2-4-15-12(9)17-14/h2-4,6-7H,5,14H2,1H3,(H,15,17). The molecular formula is C13H13N5OS. The SMILES string of the molecule is Cc1csc2c(=O)n(Cc3cccnc3NN)cnc12. The van der Waals surface area contributed by atoms with Gasteiger partial charge >= 0.3 is 0 Å². The summed E-state index contributed by atoms with van der Waals surface area (Å²) in [4.78, 5) is 20.9. The summed E-state index contributed by atoms with van der Waals surface area (Å²) in [6.45, 7) is 2.33. The predicted octanol–water partition coefficient (Wildman–Crippen LogP) is 1.50. The van der Waals surface area contributed by atoms with Crippen molar-refractivity contribution in [3.63, 3.8) is 0 Å². The Bertz CT molecular complexity index is 823. The van der Waals surface area contributed by atoms with Gasteiger partial charge in [-0.3, -0.25) is 9.36 Å². The lowest BCUT2D eigenvalue weighted by molar-refractivity contribution is 0.747. The maximum absolute atomic E-state index is 12.4. The van der Waals surface area contributed by atoms with Crippen molar-refractivity contribution in [2.45, 2.75) is 13.5 Å². The molecule has 6 nitrogen and oxygen atoms in total. The highest BCUT2D eigenvalue weighted by atomic mass is 32.1.